The topological polar surface area (TPSA) is 108 Å². The lowest BCUT2D eigenvalue weighted by molar-refractivity contribution is -0.137. The van der Waals surface area contributed by atoms with Gasteiger partial charge in [0.05, 0.1) is 6.54 Å². The van der Waals surface area contributed by atoms with Gasteiger partial charge >= 0.3 is 12.0 Å². The number of aliphatic carboxylic acids is 1. The van der Waals surface area contributed by atoms with E-state index in [1.165, 1.54) is 0 Å². The highest BCUT2D eigenvalue weighted by Gasteiger charge is 2.31. The predicted molar refractivity (Wildman–Crippen MR) is 68.6 cm³/mol. The Morgan fingerprint density at radius 1 is 1.21 bits per heavy atom. The largest absolute Gasteiger partial charge is 0.480 e. The van der Waals surface area contributed by atoms with Crippen LogP contribution in [-0.2, 0) is 9.59 Å². The van der Waals surface area contributed by atoms with Crippen LogP contribution in [0.2, 0.25) is 0 Å². The highest BCUT2D eigenvalue weighted by atomic mass is 16.4. The van der Waals surface area contributed by atoms with E-state index in [0.717, 1.165) is 19.3 Å². The Morgan fingerprint density at radius 2 is 1.89 bits per heavy atom. The first-order valence-electron chi connectivity index (χ1n) is 6.31. The Morgan fingerprint density at radius 3 is 2.42 bits per heavy atom. The van der Waals surface area contributed by atoms with E-state index in [4.69, 9.17) is 5.11 Å². The fraction of sp³-hybridized carbons (Fsp3) is 0.750. The van der Waals surface area contributed by atoms with Gasteiger partial charge in [0.25, 0.3) is 0 Å². The molecule has 7 heteroatoms. The number of nitrogens with one attached hydrogen (secondary N) is 3. The maximum absolute atomic E-state index is 11.5. The first kappa shape index (κ1) is 15.3. The van der Waals surface area contributed by atoms with Crippen LogP contribution in [0.4, 0.5) is 4.79 Å². The molecule has 0 aromatic carbocycles. The summed E-state index contributed by atoms with van der Waals surface area (Å²) in [6.45, 7) is 3.64. The number of amides is 3. The van der Waals surface area contributed by atoms with Crippen molar-refractivity contribution in [3.63, 3.8) is 0 Å². The molecule has 1 aliphatic carbocycles. The normalized spacial score (nSPS) is 20.6. The number of rotatable bonds is 5. The van der Waals surface area contributed by atoms with Gasteiger partial charge < -0.3 is 21.1 Å². The molecule has 1 rings (SSSR count). The van der Waals surface area contributed by atoms with Crippen LogP contribution in [0.25, 0.3) is 0 Å². The molecule has 1 fully saturated rings. The first-order chi connectivity index (χ1) is 8.78. The van der Waals surface area contributed by atoms with E-state index in [1.807, 2.05) is 0 Å². The quantitative estimate of drug-likeness (QED) is 0.567. The molecule has 0 saturated heterocycles. The zero-order valence-corrected chi connectivity index (χ0v) is 11.3. The van der Waals surface area contributed by atoms with Crippen molar-refractivity contribution in [1.29, 1.82) is 0 Å². The summed E-state index contributed by atoms with van der Waals surface area (Å²) in [6.07, 6.45) is 2.92. The average Bonchev–Trinajstić information content (AvgIpc) is 2.63. The number of hydrogen-bond acceptors (Lipinski definition) is 3. The van der Waals surface area contributed by atoms with E-state index in [1.54, 1.807) is 0 Å². The van der Waals surface area contributed by atoms with Crippen LogP contribution in [0.1, 0.15) is 33.1 Å². The molecule has 0 aliphatic heterocycles. The lowest BCUT2D eigenvalue weighted by Crippen LogP contribution is -2.45. The second kappa shape index (κ2) is 6.40. The van der Waals surface area contributed by atoms with Crippen molar-refractivity contribution in [2.75, 3.05) is 13.1 Å². The van der Waals surface area contributed by atoms with Crippen molar-refractivity contribution in [3.8, 4) is 0 Å². The number of urea groups is 1. The summed E-state index contributed by atoms with van der Waals surface area (Å²) < 4.78 is 0. The van der Waals surface area contributed by atoms with Gasteiger partial charge in [-0.15, -0.1) is 0 Å². The number of carbonyl (C=O) groups is 3. The Balaban J connectivity index is 2.18. The molecule has 3 amide bonds. The zero-order valence-electron chi connectivity index (χ0n) is 11.3. The van der Waals surface area contributed by atoms with Crippen molar-refractivity contribution < 1.29 is 19.5 Å². The molecular formula is C12H21N3O4. The summed E-state index contributed by atoms with van der Waals surface area (Å²) >= 11 is 0. The number of carbonyl (C=O) groups excluding carboxylic acids is 2. The zero-order chi connectivity index (χ0) is 14.5. The molecule has 0 bridgehead atoms. The van der Waals surface area contributed by atoms with Crippen LogP contribution >= 0.6 is 0 Å². The van der Waals surface area contributed by atoms with E-state index in [2.05, 4.69) is 29.8 Å². The molecular weight excluding hydrogens is 250 g/mol. The molecule has 1 unspecified atom stereocenters. The highest BCUT2D eigenvalue weighted by molar-refractivity contribution is 5.86. The van der Waals surface area contributed by atoms with Gasteiger partial charge in [0, 0.05) is 6.04 Å². The second-order valence-corrected chi connectivity index (χ2v) is 5.60. The summed E-state index contributed by atoms with van der Waals surface area (Å²) in [5.74, 6) is -1.64. The van der Waals surface area contributed by atoms with Gasteiger partial charge in [0.15, 0.2) is 0 Å². The molecule has 1 aliphatic rings. The number of hydrogen-bond donors (Lipinski definition) is 4. The number of carboxylic acid groups (broad SMARTS) is 1. The smallest absolute Gasteiger partial charge is 0.322 e. The van der Waals surface area contributed by atoms with Gasteiger partial charge in [-0.2, -0.15) is 0 Å². The van der Waals surface area contributed by atoms with Crippen molar-refractivity contribution >= 4 is 17.9 Å². The minimum absolute atomic E-state index is 0.136. The van der Waals surface area contributed by atoms with Gasteiger partial charge in [-0.05, 0) is 24.7 Å². The van der Waals surface area contributed by atoms with E-state index in [-0.39, 0.29) is 18.0 Å². The van der Waals surface area contributed by atoms with E-state index >= 15 is 0 Å². The van der Waals surface area contributed by atoms with Crippen LogP contribution in [0.3, 0.4) is 0 Å². The van der Waals surface area contributed by atoms with Gasteiger partial charge in [0.1, 0.15) is 6.54 Å². The molecule has 1 saturated carbocycles. The molecule has 0 aromatic rings. The van der Waals surface area contributed by atoms with Crippen molar-refractivity contribution in [1.82, 2.24) is 16.0 Å². The molecule has 19 heavy (non-hydrogen) atoms. The van der Waals surface area contributed by atoms with Crippen LogP contribution < -0.4 is 16.0 Å². The monoisotopic (exact) mass is 271 g/mol. The third-order valence-electron chi connectivity index (χ3n) is 3.15. The molecule has 7 nitrogen and oxygen atoms in total. The highest BCUT2D eigenvalue weighted by Crippen LogP contribution is 2.36. The third kappa shape index (κ3) is 6.08. The average molecular weight is 271 g/mol. The summed E-state index contributed by atoms with van der Waals surface area (Å²) in [7, 11) is 0. The van der Waals surface area contributed by atoms with Crippen LogP contribution in [0.5, 0.6) is 0 Å². The van der Waals surface area contributed by atoms with Crippen LogP contribution in [0.15, 0.2) is 0 Å². The van der Waals surface area contributed by atoms with E-state index in [0.29, 0.717) is 0 Å². The predicted octanol–water partition coefficient (Wildman–Crippen LogP) is 0.0651. The summed E-state index contributed by atoms with van der Waals surface area (Å²) in [4.78, 5) is 32.9. The summed E-state index contributed by atoms with van der Waals surface area (Å²) in [5, 5.41) is 15.7. The van der Waals surface area contributed by atoms with Crippen LogP contribution in [0, 0.1) is 5.41 Å². The van der Waals surface area contributed by atoms with Gasteiger partial charge in [-0.25, -0.2) is 4.79 Å². The Labute approximate surface area is 112 Å². The Bertz CT molecular complexity index is 368. The lowest BCUT2D eigenvalue weighted by atomic mass is 9.92. The summed E-state index contributed by atoms with van der Waals surface area (Å²) in [6, 6.07) is -0.259. The Hall–Kier alpha value is -1.79. The lowest BCUT2D eigenvalue weighted by Gasteiger charge is -2.18. The minimum Gasteiger partial charge on any atom is -0.480 e. The first-order valence-corrected chi connectivity index (χ1v) is 6.31. The summed E-state index contributed by atoms with van der Waals surface area (Å²) in [5.41, 5.74) is 0.247. The molecule has 1 atom stereocenters. The van der Waals surface area contributed by atoms with Gasteiger partial charge in [-0.1, -0.05) is 13.8 Å². The third-order valence-corrected chi connectivity index (χ3v) is 3.15. The van der Waals surface area contributed by atoms with E-state index in [9.17, 15) is 14.4 Å². The molecule has 0 spiro atoms. The van der Waals surface area contributed by atoms with Crippen LogP contribution in [-0.4, -0.2) is 42.1 Å². The van der Waals surface area contributed by atoms with Crippen molar-refractivity contribution in [2.24, 2.45) is 5.41 Å². The molecule has 108 valence electrons. The Kier molecular flexibility index (Phi) is 5.14. The molecule has 0 radical (unpaired) electrons. The SMILES string of the molecule is CC1(C)CCC(NC(=O)NCC(=O)NCC(=O)O)C1. The molecule has 0 aromatic heterocycles. The van der Waals surface area contributed by atoms with Crippen molar-refractivity contribution in [3.05, 3.63) is 0 Å². The minimum atomic E-state index is -1.12. The standard InChI is InChI=1S/C12H21N3O4/c1-12(2)4-3-8(5-12)15-11(19)14-6-9(16)13-7-10(17)18/h8H,3-7H2,1-2H3,(H,13,16)(H,17,18)(H2,14,15,19). The second-order valence-electron chi connectivity index (χ2n) is 5.60. The molecule has 4 N–H and O–H groups in total. The van der Waals surface area contributed by atoms with Crippen molar-refractivity contribution in [2.45, 2.75) is 39.2 Å². The van der Waals surface area contributed by atoms with E-state index < -0.39 is 24.5 Å². The maximum atomic E-state index is 11.5. The fourth-order valence-corrected chi connectivity index (χ4v) is 2.19. The fourth-order valence-electron chi connectivity index (χ4n) is 2.19. The maximum Gasteiger partial charge on any atom is 0.322 e. The van der Waals surface area contributed by atoms with Gasteiger partial charge in [-0.3, -0.25) is 9.59 Å². The molecule has 0 heterocycles. The van der Waals surface area contributed by atoms with Gasteiger partial charge in [0.2, 0.25) is 5.91 Å². The number of carboxylic acids is 1.